The first-order valence-corrected chi connectivity index (χ1v) is 9.71. The molecule has 2 aromatic rings. The molecule has 9 nitrogen and oxygen atoms in total. The number of phenolic OH excluding ortho intramolecular Hbond substituents is 1. The molecular weight excluding hydrogens is 384 g/mol. The van der Waals surface area contributed by atoms with Crippen LogP contribution in [0.15, 0.2) is 41.3 Å². The standard InChI is InChI=1S/C18H22N4O5S/c1-11-9-12(10-13(16(11)23)17(24)22(3)4)21-28(26,27)15-8-6-5-7-14(15)20-18(25)19-2/h5-10,21,23H,1-4H3,(H2,19,20,25). The number of hydrogen-bond acceptors (Lipinski definition) is 5. The molecule has 28 heavy (non-hydrogen) atoms. The third-order valence-corrected chi connectivity index (χ3v) is 5.28. The zero-order valence-electron chi connectivity index (χ0n) is 15.9. The van der Waals surface area contributed by atoms with Crippen molar-refractivity contribution in [2.24, 2.45) is 0 Å². The topological polar surface area (TPSA) is 128 Å². The monoisotopic (exact) mass is 406 g/mol. The number of phenols is 1. The number of rotatable bonds is 5. The van der Waals surface area contributed by atoms with Crippen LogP contribution in [-0.2, 0) is 10.0 Å². The third-order valence-electron chi connectivity index (χ3n) is 3.84. The van der Waals surface area contributed by atoms with Crippen LogP contribution in [0.2, 0.25) is 0 Å². The fraction of sp³-hybridized carbons (Fsp3) is 0.222. The van der Waals surface area contributed by atoms with E-state index in [9.17, 15) is 23.1 Å². The van der Waals surface area contributed by atoms with Gasteiger partial charge < -0.3 is 20.6 Å². The molecule has 0 aliphatic rings. The normalized spacial score (nSPS) is 10.9. The molecule has 0 bridgehead atoms. The first-order valence-electron chi connectivity index (χ1n) is 8.22. The predicted octanol–water partition coefficient (Wildman–Crippen LogP) is 1.95. The zero-order valence-corrected chi connectivity index (χ0v) is 16.7. The van der Waals surface area contributed by atoms with Crippen LogP contribution < -0.4 is 15.4 Å². The molecule has 0 radical (unpaired) electrons. The molecule has 0 saturated carbocycles. The SMILES string of the molecule is CNC(=O)Nc1ccccc1S(=O)(=O)Nc1cc(C)c(O)c(C(=O)N(C)C)c1. The summed E-state index contributed by atoms with van der Waals surface area (Å²) in [6.07, 6.45) is 0. The van der Waals surface area contributed by atoms with Crippen LogP contribution in [0.4, 0.5) is 16.2 Å². The third kappa shape index (κ3) is 4.52. The lowest BCUT2D eigenvalue weighted by Crippen LogP contribution is -2.26. The molecule has 0 aliphatic carbocycles. The van der Waals surface area contributed by atoms with Gasteiger partial charge >= 0.3 is 6.03 Å². The highest BCUT2D eigenvalue weighted by Gasteiger charge is 2.22. The maximum absolute atomic E-state index is 12.9. The highest BCUT2D eigenvalue weighted by molar-refractivity contribution is 7.92. The van der Waals surface area contributed by atoms with Crippen molar-refractivity contribution >= 4 is 33.3 Å². The van der Waals surface area contributed by atoms with Gasteiger partial charge in [-0.05, 0) is 36.8 Å². The Bertz CT molecular complexity index is 1020. The van der Waals surface area contributed by atoms with Gasteiger partial charge in [-0.3, -0.25) is 9.52 Å². The second-order valence-corrected chi connectivity index (χ2v) is 7.85. The Balaban J connectivity index is 2.46. The molecule has 0 spiro atoms. The van der Waals surface area contributed by atoms with Crippen molar-refractivity contribution in [1.29, 1.82) is 0 Å². The Morgan fingerprint density at radius 2 is 1.75 bits per heavy atom. The maximum Gasteiger partial charge on any atom is 0.319 e. The summed E-state index contributed by atoms with van der Waals surface area (Å²) in [6, 6.07) is 8.00. The van der Waals surface area contributed by atoms with Gasteiger partial charge in [-0.2, -0.15) is 0 Å². The fourth-order valence-corrected chi connectivity index (χ4v) is 3.65. The van der Waals surface area contributed by atoms with E-state index < -0.39 is 22.0 Å². The predicted molar refractivity (Wildman–Crippen MR) is 106 cm³/mol. The summed E-state index contributed by atoms with van der Waals surface area (Å²) in [7, 11) is 0.366. The number of benzene rings is 2. The number of aryl methyl sites for hydroxylation is 1. The summed E-state index contributed by atoms with van der Waals surface area (Å²) < 4.78 is 28.1. The van der Waals surface area contributed by atoms with Gasteiger partial charge in [-0.1, -0.05) is 12.1 Å². The molecule has 150 valence electrons. The molecule has 2 rings (SSSR count). The van der Waals surface area contributed by atoms with Gasteiger partial charge in [0.2, 0.25) is 0 Å². The Hall–Kier alpha value is -3.27. The number of sulfonamides is 1. The Morgan fingerprint density at radius 1 is 1.11 bits per heavy atom. The summed E-state index contributed by atoms with van der Waals surface area (Å²) >= 11 is 0. The second kappa shape index (κ2) is 8.17. The molecule has 0 heterocycles. The molecule has 0 fully saturated rings. The van der Waals surface area contributed by atoms with E-state index in [0.29, 0.717) is 5.56 Å². The average Bonchev–Trinajstić information content (AvgIpc) is 2.63. The van der Waals surface area contributed by atoms with Crippen molar-refractivity contribution < 1.29 is 23.1 Å². The number of anilines is 2. The largest absolute Gasteiger partial charge is 0.507 e. The van der Waals surface area contributed by atoms with Crippen molar-refractivity contribution in [2.45, 2.75) is 11.8 Å². The molecular formula is C18H22N4O5S. The summed E-state index contributed by atoms with van der Waals surface area (Å²) in [5.41, 5.74) is 0.506. The van der Waals surface area contributed by atoms with Gasteiger partial charge in [0.05, 0.1) is 16.9 Å². The molecule has 3 amide bonds. The summed E-state index contributed by atoms with van der Waals surface area (Å²) in [4.78, 5) is 24.9. The van der Waals surface area contributed by atoms with Crippen molar-refractivity contribution in [3.8, 4) is 5.75 Å². The Kier molecular flexibility index (Phi) is 6.14. The van der Waals surface area contributed by atoms with E-state index in [2.05, 4.69) is 15.4 Å². The van der Waals surface area contributed by atoms with Crippen molar-refractivity contribution in [3.05, 3.63) is 47.5 Å². The van der Waals surface area contributed by atoms with Crippen molar-refractivity contribution in [2.75, 3.05) is 31.2 Å². The number of amides is 3. The van der Waals surface area contributed by atoms with Crippen LogP contribution in [0.5, 0.6) is 5.75 Å². The highest BCUT2D eigenvalue weighted by atomic mass is 32.2. The lowest BCUT2D eigenvalue weighted by atomic mass is 10.1. The molecule has 0 aliphatic heterocycles. The quantitative estimate of drug-likeness (QED) is 0.564. The second-order valence-electron chi connectivity index (χ2n) is 6.19. The minimum absolute atomic E-state index is 0.0283. The maximum atomic E-state index is 12.9. The lowest BCUT2D eigenvalue weighted by Gasteiger charge is -2.16. The number of carbonyl (C=O) groups is 2. The molecule has 2 aromatic carbocycles. The van der Waals surface area contributed by atoms with Crippen LogP contribution >= 0.6 is 0 Å². The van der Waals surface area contributed by atoms with E-state index >= 15 is 0 Å². The number of para-hydroxylation sites is 1. The van der Waals surface area contributed by atoms with Crippen molar-refractivity contribution in [1.82, 2.24) is 10.2 Å². The van der Waals surface area contributed by atoms with Crippen LogP contribution in [0.3, 0.4) is 0 Å². The number of urea groups is 1. The minimum atomic E-state index is -4.09. The van der Waals surface area contributed by atoms with Crippen LogP contribution in [0, 0.1) is 6.92 Å². The van der Waals surface area contributed by atoms with E-state index in [0.717, 1.165) is 0 Å². The number of hydrogen-bond donors (Lipinski definition) is 4. The highest BCUT2D eigenvalue weighted by Crippen LogP contribution is 2.30. The molecule has 10 heteroatoms. The smallest absolute Gasteiger partial charge is 0.319 e. The molecule has 0 unspecified atom stereocenters. The summed E-state index contributed by atoms with van der Waals surface area (Å²) in [5, 5.41) is 14.9. The zero-order chi connectivity index (χ0) is 21.1. The summed E-state index contributed by atoms with van der Waals surface area (Å²) in [5.74, 6) is -0.688. The number of nitrogens with one attached hydrogen (secondary N) is 3. The van der Waals surface area contributed by atoms with E-state index in [-0.39, 0.29) is 27.6 Å². The van der Waals surface area contributed by atoms with Gasteiger partial charge in [0, 0.05) is 21.1 Å². The first-order chi connectivity index (χ1) is 13.1. The van der Waals surface area contributed by atoms with E-state index in [1.165, 1.54) is 56.4 Å². The minimum Gasteiger partial charge on any atom is -0.507 e. The lowest BCUT2D eigenvalue weighted by molar-refractivity contribution is 0.0824. The first kappa shape index (κ1) is 21.0. The van der Waals surface area contributed by atoms with Gasteiger partial charge in [-0.25, -0.2) is 13.2 Å². The van der Waals surface area contributed by atoms with E-state index in [1.807, 2.05) is 0 Å². The van der Waals surface area contributed by atoms with E-state index in [4.69, 9.17) is 0 Å². The van der Waals surface area contributed by atoms with E-state index in [1.54, 1.807) is 13.0 Å². The molecule has 4 N–H and O–H groups in total. The summed E-state index contributed by atoms with van der Waals surface area (Å²) in [6.45, 7) is 1.56. The van der Waals surface area contributed by atoms with Gasteiger partial charge in [0.15, 0.2) is 0 Å². The number of aromatic hydroxyl groups is 1. The van der Waals surface area contributed by atoms with Crippen LogP contribution in [-0.4, -0.2) is 51.5 Å². The van der Waals surface area contributed by atoms with Gasteiger partial charge in [0.25, 0.3) is 15.9 Å². The van der Waals surface area contributed by atoms with Crippen molar-refractivity contribution in [3.63, 3.8) is 0 Å². The Morgan fingerprint density at radius 3 is 2.36 bits per heavy atom. The van der Waals surface area contributed by atoms with Gasteiger partial charge in [0.1, 0.15) is 10.6 Å². The molecule has 0 atom stereocenters. The Labute approximate surface area is 163 Å². The number of nitrogens with zero attached hydrogens (tertiary/aromatic N) is 1. The van der Waals surface area contributed by atoms with Gasteiger partial charge in [-0.15, -0.1) is 0 Å². The number of carbonyl (C=O) groups excluding carboxylic acids is 2. The fourth-order valence-electron chi connectivity index (χ4n) is 2.44. The molecule has 0 aromatic heterocycles. The average molecular weight is 406 g/mol. The van der Waals surface area contributed by atoms with Crippen LogP contribution in [0.1, 0.15) is 15.9 Å². The molecule has 0 saturated heterocycles. The van der Waals surface area contributed by atoms with Crippen LogP contribution in [0.25, 0.3) is 0 Å².